The standard InChI is InChI=1S/C25H23N3O3S/c1-18-10-12-22(13-11-18)28-32(30,31)23-9-3-7-21(17-23)25(29)27-16-14-20-6-2-5-19-8-4-15-26-24(19)20/h2-13,15,17,28H,14,16H2,1H3,(H,27,29). The van der Waals surface area contributed by atoms with Crippen LogP contribution < -0.4 is 10.0 Å². The zero-order chi connectivity index (χ0) is 22.6. The average Bonchev–Trinajstić information content (AvgIpc) is 2.80. The van der Waals surface area contributed by atoms with Crippen LogP contribution in [0.1, 0.15) is 21.5 Å². The monoisotopic (exact) mass is 445 g/mol. The van der Waals surface area contributed by atoms with Gasteiger partial charge in [-0.1, -0.05) is 48.0 Å². The number of amides is 1. The fourth-order valence-electron chi connectivity index (χ4n) is 3.42. The number of para-hydroxylation sites is 1. The second kappa shape index (κ2) is 9.20. The molecule has 0 aliphatic heterocycles. The summed E-state index contributed by atoms with van der Waals surface area (Å²) in [7, 11) is -3.81. The number of fused-ring (bicyclic) bond motifs is 1. The number of nitrogens with one attached hydrogen (secondary N) is 2. The average molecular weight is 446 g/mol. The highest BCUT2D eigenvalue weighted by atomic mass is 32.2. The van der Waals surface area contributed by atoms with Gasteiger partial charge < -0.3 is 5.32 Å². The molecule has 0 spiro atoms. The number of nitrogens with zero attached hydrogens (tertiary/aromatic N) is 1. The van der Waals surface area contributed by atoms with Crippen molar-refractivity contribution in [2.75, 3.05) is 11.3 Å². The molecule has 0 unspecified atom stereocenters. The minimum Gasteiger partial charge on any atom is -0.352 e. The van der Waals surface area contributed by atoms with Crippen LogP contribution in [0.5, 0.6) is 0 Å². The van der Waals surface area contributed by atoms with Gasteiger partial charge in [0.1, 0.15) is 0 Å². The molecule has 6 nitrogen and oxygen atoms in total. The number of benzene rings is 3. The van der Waals surface area contributed by atoms with Gasteiger partial charge >= 0.3 is 0 Å². The largest absolute Gasteiger partial charge is 0.352 e. The summed E-state index contributed by atoms with van der Waals surface area (Å²) < 4.78 is 28.0. The van der Waals surface area contributed by atoms with E-state index in [1.165, 1.54) is 12.1 Å². The maximum Gasteiger partial charge on any atom is 0.261 e. The van der Waals surface area contributed by atoms with Crippen LogP contribution in [0.3, 0.4) is 0 Å². The molecule has 0 radical (unpaired) electrons. The Morgan fingerprint density at radius 1 is 0.938 bits per heavy atom. The van der Waals surface area contributed by atoms with Crippen molar-refractivity contribution in [3.63, 3.8) is 0 Å². The van der Waals surface area contributed by atoms with Crippen molar-refractivity contribution in [2.24, 2.45) is 0 Å². The highest BCUT2D eigenvalue weighted by Gasteiger charge is 2.16. The molecule has 1 aromatic heterocycles. The number of rotatable bonds is 7. The van der Waals surface area contributed by atoms with E-state index in [1.54, 1.807) is 30.5 Å². The van der Waals surface area contributed by atoms with Gasteiger partial charge in [0.05, 0.1) is 10.4 Å². The van der Waals surface area contributed by atoms with Crippen molar-refractivity contribution >= 4 is 32.5 Å². The van der Waals surface area contributed by atoms with Gasteiger partial charge in [-0.3, -0.25) is 14.5 Å². The first-order chi connectivity index (χ1) is 15.4. The van der Waals surface area contributed by atoms with Crippen LogP contribution in [-0.2, 0) is 16.4 Å². The maximum absolute atomic E-state index is 12.7. The predicted molar refractivity (Wildman–Crippen MR) is 126 cm³/mol. The summed E-state index contributed by atoms with van der Waals surface area (Å²) in [5.74, 6) is -0.328. The molecule has 0 saturated heterocycles. The molecule has 4 aromatic rings. The topological polar surface area (TPSA) is 88.2 Å². The third-order valence-electron chi connectivity index (χ3n) is 5.11. The molecule has 3 aromatic carbocycles. The lowest BCUT2D eigenvalue weighted by molar-refractivity contribution is 0.0954. The van der Waals surface area contributed by atoms with Gasteiger partial charge in [0.2, 0.25) is 0 Å². The van der Waals surface area contributed by atoms with Crippen LogP contribution in [0.25, 0.3) is 10.9 Å². The zero-order valence-corrected chi connectivity index (χ0v) is 18.4. The molecule has 0 aliphatic carbocycles. The fraction of sp³-hybridized carbons (Fsp3) is 0.120. The van der Waals surface area contributed by atoms with Gasteiger partial charge in [-0.2, -0.15) is 0 Å². The Morgan fingerprint density at radius 2 is 1.69 bits per heavy atom. The van der Waals surface area contributed by atoms with Gasteiger partial charge in [-0.05, 0) is 55.3 Å². The van der Waals surface area contributed by atoms with E-state index in [-0.39, 0.29) is 16.4 Å². The number of aromatic nitrogens is 1. The van der Waals surface area contributed by atoms with E-state index in [2.05, 4.69) is 15.0 Å². The normalized spacial score (nSPS) is 11.3. The Morgan fingerprint density at radius 3 is 2.50 bits per heavy atom. The summed E-state index contributed by atoms with van der Waals surface area (Å²) >= 11 is 0. The SMILES string of the molecule is Cc1ccc(NS(=O)(=O)c2cccc(C(=O)NCCc3cccc4cccnc34)c2)cc1. The minimum atomic E-state index is -3.81. The second-order valence-electron chi connectivity index (χ2n) is 7.50. The summed E-state index contributed by atoms with van der Waals surface area (Å²) in [6.45, 7) is 2.34. The molecule has 1 heterocycles. The van der Waals surface area contributed by atoms with Crippen molar-refractivity contribution in [2.45, 2.75) is 18.2 Å². The molecule has 0 saturated carbocycles. The Bertz CT molecular complexity index is 1360. The van der Waals surface area contributed by atoms with E-state index in [4.69, 9.17) is 0 Å². The molecule has 162 valence electrons. The molecule has 0 atom stereocenters. The lowest BCUT2D eigenvalue weighted by Gasteiger charge is -2.10. The molecular formula is C25H23N3O3S. The highest BCUT2D eigenvalue weighted by Crippen LogP contribution is 2.18. The van der Waals surface area contributed by atoms with Gasteiger partial charge in [-0.15, -0.1) is 0 Å². The van der Waals surface area contributed by atoms with E-state index < -0.39 is 10.0 Å². The number of anilines is 1. The maximum atomic E-state index is 12.7. The Labute approximate surface area is 187 Å². The molecule has 0 aliphatic rings. The van der Waals surface area contributed by atoms with Crippen molar-refractivity contribution in [1.29, 1.82) is 0 Å². The number of carbonyl (C=O) groups excluding carboxylic acids is 1. The summed E-state index contributed by atoms with van der Waals surface area (Å²) in [5, 5.41) is 3.92. The lowest BCUT2D eigenvalue weighted by Crippen LogP contribution is -2.26. The summed E-state index contributed by atoms with van der Waals surface area (Å²) in [6, 6.07) is 22.9. The van der Waals surface area contributed by atoms with E-state index in [0.717, 1.165) is 22.0 Å². The zero-order valence-electron chi connectivity index (χ0n) is 17.6. The quantitative estimate of drug-likeness (QED) is 0.444. The third-order valence-corrected chi connectivity index (χ3v) is 6.49. The highest BCUT2D eigenvalue weighted by molar-refractivity contribution is 7.92. The van der Waals surface area contributed by atoms with Gasteiger partial charge in [-0.25, -0.2) is 8.42 Å². The van der Waals surface area contributed by atoms with Crippen molar-refractivity contribution in [1.82, 2.24) is 10.3 Å². The molecule has 32 heavy (non-hydrogen) atoms. The van der Waals surface area contributed by atoms with E-state index in [0.29, 0.717) is 18.7 Å². The van der Waals surface area contributed by atoms with Crippen molar-refractivity contribution < 1.29 is 13.2 Å². The van der Waals surface area contributed by atoms with E-state index >= 15 is 0 Å². The smallest absolute Gasteiger partial charge is 0.261 e. The van der Waals surface area contributed by atoms with E-state index in [1.807, 2.05) is 49.4 Å². The predicted octanol–water partition coefficient (Wildman–Crippen LogP) is 4.32. The van der Waals surface area contributed by atoms with Crippen LogP contribution in [0.4, 0.5) is 5.69 Å². The Kier molecular flexibility index (Phi) is 6.18. The number of sulfonamides is 1. The number of hydrogen-bond donors (Lipinski definition) is 2. The summed E-state index contributed by atoms with van der Waals surface area (Å²) in [4.78, 5) is 17.1. The van der Waals surface area contributed by atoms with Gasteiger partial charge in [0.25, 0.3) is 15.9 Å². The summed E-state index contributed by atoms with van der Waals surface area (Å²) in [5.41, 5.74) is 3.74. The van der Waals surface area contributed by atoms with Crippen LogP contribution >= 0.6 is 0 Å². The van der Waals surface area contributed by atoms with Crippen molar-refractivity contribution in [3.8, 4) is 0 Å². The van der Waals surface area contributed by atoms with Crippen LogP contribution in [-0.4, -0.2) is 25.9 Å². The Balaban J connectivity index is 1.43. The first kappa shape index (κ1) is 21.5. The number of hydrogen-bond acceptors (Lipinski definition) is 4. The minimum absolute atomic E-state index is 0.0315. The van der Waals surface area contributed by atoms with E-state index in [9.17, 15) is 13.2 Å². The molecule has 0 fully saturated rings. The van der Waals surface area contributed by atoms with Crippen LogP contribution in [0, 0.1) is 6.92 Å². The van der Waals surface area contributed by atoms with Gasteiger partial charge in [0.15, 0.2) is 0 Å². The number of carbonyl (C=O) groups is 1. The molecule has 1 amide bonds. The molecule has 7 heteroatoms. The molecule has 0 bridgehead atoms. The molecular weight excluding hydrogens is 422 g/mol. The Hall–Kier alpha value is -3.71. The second-order valence-corrected chi connectivity index (χ2v) is 9.18. The number of pyridine rings is 1. The first-order valence-electron chi connectivity index (χ1n) is 10.2. The third kappa shape index (κ3) is 4.95. The number of aryl methyl sites for hydroxylation is 1. The molecule has 4 rings (SSSR count). The van der Waals surface area contributed by atoms with Crippen LogP contribution in [0.2, 0.25) is 0 Å². The lowest BCUT2D eigenvalue weighted by atomic mass is 10.1. The fourth-order valence-corrected chi connectivity index (χ4v) is 4.53. The molecule has 2 N–H and O–H groups in total. The summed E-state index contributed by atoms with van der Waals surface area (Å²) in [6.07, 6.45) is 2.37. The van der Waals surface area contributed by atoms with Crippen LogP contribution in [0.15, 0.2) is 90.0 Å². The van der Waals surface area contributed by atoms with Gasteiger partial charge in [0, 0.05) is 29.4 Å². The van der Waals surface area contributed by atoms with Crippen molar-refractivity contribution in [3.05, 3.63) is 102 Å². The first-order valence-corrected chi connectivity index (χ1v) is 11.7.